The number of pyridine rings is 1. The van der Waals surface area contributed by atoms with Crippen molar-refractivity contribution in [1.82, 2.24) is 15.2 Å². The van der Waals surface area contributed by atoms with Gasteiger partial charge in [0.2, 0.25) is 6.79 Å². The summed E-state index contributed by atoms with van der Waals surface area (Å²) in [6, 6.07) is 15.7. The zero-order valence-electron chi connectivity index (χ0n) is 17.0. The van der Waals surface area contributed by atoms with E-state index in [0.717, 1.165) is 35.6 Å². The second-order valence-electron chi connectivity index (χ2n) is 7.40. The molecule has 6 rings (SSSR count). The standard InChI is InChI=1S/C23H19N5O4/c1-2-17(21(24-8-1)25-12-14-3-5-18-15(10-14)7-9-29-18)22-27-28-23(32-22)26-16-4-6-19-20(11-16)31-13-30-19/h1-6,8,10-11H,7,9,12-13H2,(H,24,25)(H,26,28). The smallest absolute Gasteiger partial charge is 0.320 e. The number of hydrogen-bond donors (Lipinski definition) is 2. The van der Waals surface area contributed by atoms with Crippen LogP contribution in [0.2, 0.25) is 0 Å². The van der Waals surface area contributed by atoms with Crippen LogP contribution in [0.25, 0.3) is 11.5 Å². The number of anilines is 3. The summed E-state index contributed by atoms with van der Waals surface area (Å²) in [6.07, 6.45) is 2.67. The van der Waals surface area contributed by atoms with Gasteiger partial charge in [-0.05, 0) is 41.5 Å². The van der Waals surface area contributed by atoms with E-state index in [1.807, 2.05) is 36.4 Å². The van der Waals surface area contributed by atoms with Crippen LogP contribution in [0, 0.1) is 0 Å². The highest BCUT2D eigenvalue weighted by Gasteiger charge is 2.17. The van der Waals surface area contributed by atoms with Crippen LogP contribution in [0.4, 0.5) is 17.5 Å². The molecule has 4 heterocycles. The second-order valence-corrected chi connectivity index (χ2v) is 7.40. The molecule has 4 aromatic rings. The molecule has 2 aliphatic heterocycles. The van der Waals surface area contributed by atoms with Gasteiger partial charge in [-0.15, -0.1) is 5.10 Å². The van der Waals surface area contributed by atoms with Crippen LogP contribution in [0.5, 0.6) is 17.2 Å². The predicted octanol–water partition coefficient (Wildman–Crippen LogP) is 4.15. The summed E-state index contributed by atoms with van der Waals surface area (Å²) >= 11 is 0. The minimum atomic E-state index is 0.222. The Hall–Kier alpha value is -4.27. The highest BCUT2D eigenvalue weighted by atomic mass is 16.7. The van der Waals surface area contributed by atoms with E-state index in [9.17, 15) is 0 Å². The van der Waals surface area contributed by atoms with Crippen molar-refractivity contribution in [1.29, 1.82) is 0 Å². The number of rotatable bonds is 6. The minimum absolute atomic E-state index is 0.222. The largest absolute Gasteiger partial charge is 0.493 e. The second kappa shape index (κ2) is 7.77. The molecule has 0 spiro atoms. The molecule has 0 amide bonds. The molecule has 0 saturated carbocycles. The summed E-state index contributed by atoms with van der Waals surface area (Å²) in [6.45, 7) is 1.59. The van der Waals surface area contributed by atoms with Gasteiger partial charge in [-0.1, -0.05) is 17.2 Å². The van der Waals surface area contributed by atoms with Gasteiger partial charge in [0.15, 0.2) is 11.5 Å². The Morgan fingerprint density at radius 3 is 2.84 bits per heavy atom. The van der Waals surface area contributed by atoms with Crippen molar-refractivity contribution in [3.8, 4) is 28.7 Å². The molecular formula is C23H19N5O4. The third-order valence-electron chi connectivity index (χ3n) is 5.30. The minimum Gasteiger partial charge on any atom is -0.493 e. The zero-order chi connectivity index (χ0) is 21.3. The summed E-state index contributed by atoms with van der Waals surface area (Å²) in [5.41, 5.74) is 3.88. The quantitative estimate of drug-likeness (QED) is 0.468. The first-order valence-corrected chi connectivity index (χ1v) is 10.3. The van der Waals surface area contributed by atoms with Crippen molar-refractivity contribution < 1.29 is 18.6 Å². The van der Waals surface area contributed by atoms with Gasteiger partial charge in [-0.3, -0.25) is 0 Å². The summed E-state index contributed by atoms with van der Waals surface area (Å²) < 4.78 is 22.2. The Labute approximate surface area is 183 Å². The topological polar surface area (TPSA) is 104 Å². The molecule has 2 aromatic carbocycles. The van der Waals surface area contributed by atoms with Gasteiger partial charge in [0.25, 0.3) is 5.89 Å². The van der Waals surface area contributed by atoms with E-state index in [1.165, 1.54) is 5.56 Å². The number of aromatic nitrogens is 3. The van der Waals surface area contributed by atoms with E-state index < -0.39 is 0 Å². The van der Waals surface area contributed by atoms with Crippen LogP contribution in [0.1, 0.15) is 11.1 Å². The number of ether oxygens (including phenoxy) is 3. The molecule has 9 nitrogen and oxygen atoms in total. The third kappa shape index (κ3) is 3.53. The molecule has 0 aliphatic carbocycles. The van der Waals surface area contributed by atoms with Crippen molar-refractivity contribution in [3.05, 3.63) is 65.9 Å². The van der Waals surface area contributed by atoms with E-state index >= 15 is 0 Å². The van der Waals surface area contributed by atoms with Crippen LogP contribution in [-0.4, -0.2) is 28.6 Å². The van der Waals surface area contributed by atoms with Crippen molar-refractivity contribution in [2.24, 2.45) is 0 Å². The highest BCUT2D eigenvalue weighted by Crippen LogP contribution is 2.35. The third-order valence-corrected chi connectivity index (χ3v) is 5.30. The van der Waals surface area contributed by atoms with E-state index in [4.69, 9.17) is 18.6 Å². The Morgan fingerprint density at radius 2 is 1.84 bits per heavy atom. The lowest BCUT2D eigenvalue weighted by Gasteiger charge is -2.09. The molecule has 0 bridgehead atoms. The van der Waals surface area contributed by atoms with Gasteiger partial charge in [-0.2, -0.15) is 0 Å². The molecule has 0 fully saturated rings. The number of nitrogens with one attached hydrogen (secondary N) is 2. The maximum Gasteiger partial charge on any atom is 0.320 e. The summed E-state index contributed by atoms with van der Waals surface area (Å²) in [7, 11) is 0. The number of nitrogens with zero attached hydrogens (tertiary/aromatic N) is 3. The maximum atomic E-state index is 5.84. The van der Waals surface area contributed by atoms with Crippen LogP contribution in [0.3, 0.4) is 0 Å². The number of fused-ring (bicyclic) bond motifs is 2. The average molecular weight is 429 g/mol. The molecule has 0 radical (unpaired) electrons. The predicted molar refractivity (Wildman–Crippen MR) is 116 cm³/mol. The lowest BCUT2D eigenvalue weighted by Crippen LogP contribution is -2.03. The van der Waals surface area contributed by atoms with Gasteiger partial charge in [0.05, 0.1) is 12.2 Å². The first-order chi connectivity index (χ1) is 15.8. The Balaban J connectivity index is 1.19. The first-order valence-electron chi connectivity index (χ1n) is 10.3. The summed E-state index contributed by atoms with van der Waals surface area (Å²) in [5.74, 6) is 3.39. The highest BCUT2D eigenvalue weighted by molar-refractivity contribution is 5.69. The lowest BCUT2D eigenvalue weighted by molar-refractivity contribution is 0.174. The fraction of sp³-hybridized carbons (Fsp3) is 0.174. The Morgan fingerprint density at radius 1 is 0.906 bits per heavy atom. The van der Waals surface area contributed by atoms with Gasteiger partial charge < -0.3 is 29.3 Å². The van der Waals surface area contributed by atoms with Crippen molar-refractivity contribution in [2.45, 2.75) is 13.0 Å². The summed E-state index contributed by atoms with van der Waals surface area (Å²) in [4.78, 5) is 4.46. The van der Waals surface area contributed by atoms with Gasteiger partial charge in [0, 0.05) is 30.9 Å². The average Bonchev–Trinajstić information content (AvgIpc) is 3.58. The van der Waals surface area contributed by atoms with Crippen molar-refractivity contribution in [3.63, 3.8) is 0 Å². The van der Waals surface area contributed by atoms with Gasteiger partial charge in [0.1, 0.15) is 11.6 Å². The van der Waals surface area contributed by atoms with Crippen LogP contribution < -0.4 is 24.8 Å². The molecular weight excluding hydrogens is 410 g/mol. The molecule has 0 saturated heterocycles. The molecule has 160 valence electrons. The van der Waals surface area contributed by atoms with Gasteiger partial charge >= 0.3 is 6.01 Å². The number of benzene rings is 2. The molecule has 2 aliphatic rings. The maximum absolute atomic E-state index is 5.84. The van der Waals surface area contributed by atoms with E-state index in [0.29, 0.717) is 29.8 Å². The fourth-order valence-corrected chi connectivity index (χ4v) is 3.73. The van der Waals surface area contributed by atoms with E-state index in [1.54, 1.807) is 6.20 Å². The molecule has 0 atom stereocenters. The lowest BCUT2D eigenvalue weighted by atomic mass is 10.1. The van der Waals surface area contributed by atoms with Crippen LogP contribution >= 0.6 is 0 Å². The first kappa shape index (κ1) is 18.5. The SMILES string of the molecule is c1cnc(NCc2ccc3c(c2)CCO3)c(-c2nnc(Nc3ccc4c(c3)OCO4)o2)c1. The van der Waals surface area contributed by atoms with E-state index in [-0.39, 0.29) is 12.8 Å². The van der Waals surface area contributed by atoms with Crippen molar-refractivity contribution in [2.75, 3.05) is 24.0 Å². The van der Waals surface area contributed by atoms with Gasteiger partial charge in [-0.25, -0.2) is 4.98 Å². The Kier molecular flexibility index (Phi) is 4.49. The molecule has 9 heteroatoms. The fourth-order valence-electron chi connectivity index (χ4n) is 3.73. The van der Waals surface area contributed by atoms with Crippen LogP contribution in [-0.2, 0) is 13.0 Å². The Bertz CT molecular complexity index is 1290. The monoisotopic (exact) mass is 429 g/mol. The molecule has 0 unspecified atom stereocenters. The zero-order valence-corrected chi connectivity index (χ0v) is 17.0. The van der Waals surface area contributed by atoms with Crippen molar-refractivity contribution >= 4 is 17.5 Å². The number of hydrogen-bond acceptors (Lipinski definition) is 9. The molecule has 32 heavy (non-hydrogen) atoms. The summed E-state index contributed by atoms with van der Waals surface area (Å²) in [5, 5.41) is 14.8. The molecule has 2 aromatic heterocycles. The van der Waals surface area contributed by atoms with E-state index in [2.05, 4.69) is 37.9 Å². The molecule has 2 N–H and O–H groups in total. The normalized spacial score (nSPS) is 13.5. The van der Waals surface area contributed by atoms with Crippen LogP contribution in [0.15, 0.2) is 59.1 Å².